The van der Waals surface area contributed by atoms with Gasteiger partial charge in [0.2, 0.25) is 5.91 Å². The summed E-state index contributed by atoms with van der Waals surface area (Å²) < 4.78 is 4.81. The quantitative estimate of drug-likeness (QED) is 0.582. The molecular weight excluding hydrogens is 242 g/mol. The molecule has 4 heteroatoms. The molecule has 0 unspecified atom stereocenters. The van der Waals surface area contributed by atoms with Gasteiger partial charge in [-0.15, -0.1) is 0 Å². The molecule has 0 heterocycles. The van der Waals surface area contributed by atoms with E-state index in [1.807, 2.05) is 30.3 Å². The molecule has 0 aliphatic heterocycles. The van der Waals surface area contributed by atoms with E-state index in [2.05, 4.69) is 0 Å². The van der Waals surface area contributed by atoms with Crippen molar-refractivity contribution in [3.8, 4) is 0 Å². The fourth-order valence-corrected chi connectivity index (χ4v) is 1.46. The van der Waals surface area contributed by atoms with Crippen molar-refractivity contribution in [1.29, 1.82) is 0 Å². The summed E-state index contributed by atoms with van der Waals surface area (Å²) in [5, 5.41) is 0. The van der Waals surface area contributed by atoms with Crippen LogP contribution in [0.2, 0.25) is 0 Å². The van der Waals surface area contributed by atoms with Crippen molar-refractivity contribution in [1.82, 2.24) is 4.90 Å². The van der Waals surface area contributed by atoms with Crippen molar-refractivity contribution in [2.24, 2.45) is 0 Å². The van der Waals surface area contributed by atoms with Crippen molar-refractivity contribution in [3.05, 3.63) is 42.0 Å². The number of benzene rings is 1. The molecule has 0 aliphatic rings. The van der Waals surface area contributed by atoms with Crippen molar-refractivity contribution in [2.75, 3.05) is 20.2 Å². The summed E-state index contributed by atoms with van der Waals surface area (Å²) in [6.07, 6.45) is 3.47. The van der Waals surface area contributed by atoms with Gasteiger partial charge in [-0.25, -0.2) is 0 Å². The fourth-order valence-electron chi connectivity index (χ4n) is 1.46. The van der Waals surface area contributed by atoms with Gasteiger partial charge in [0.05, 0.1) is 13.0 Å². The highest BCUT2D eigenvalue weighted by Crippen LogP contribution is 2.02. The zero-order chi connectivity index (χ0) is 14.1. The Morgan fingerprint density at radius 1 is 1.26 bits per heavy atom. The van der Waals surface area contributed by atoms with Gasteiger partial charge in [-0.05, 0) is 18.6 Å². The van der Waals surface area contributed by atoms with Crippen LogP contribution in [0.4, 0.5) is 0 Å². The second kappa shape index (κ2) is 8.08. The molecule has 0 saturated heterocycles. The predicted molar refractivity (Wildman–Crippen MR) is 74.4 cm³/mol. The van der Waals surface area contributed by atoms with E-state index in [0.29, 0.717) is 13.2 Å². The number of rotatable bonds is 6. The zero-order valence-corrected chi connectivity index (χ0v) is 11.3. The summed E-state index contributed by atoms with van der Waals surface area (Å²) >= 11 is 0. The van der Waals surface area contributed by atoms with E-state index in [1.54, 1.807) is 20.0 Å². The Labute approximate surface area is 113 Å². The summed E-state index contributed by atoms with van der Waals surface area (Å²) in [7, 11) is 1.66. The van der Waals surface area contributed by atoms with Crippen LogP contribution in [0, 0.1) is 0 Å². The van der Waals surface area contributed by atoms with Gasteiger partial charge in [0.15, 0.2) is 0 Å². The first-order valence-electron chi connectivity index (χ1n) is 6.27. The second-order valence-electron chi connectivity index (χ2n) is 4.06. The van der Waals surface area contributed by atoms with Crippen molar-refractivity contribution in [2.45, 2.75) is 13.3 Å². The predicted octanol–water partition coefficient (Wildman–Crippen LogP) is 2.11. The normalized spacial score (nSPS) is 10.4. The number of esters is 1. The van der Waals surface area contributed by atoms with Crippen LogP contribution in [-0.4, -0.2) is 37.0 Å². The lowest BCUT2D eigenvalue weighted by atomic mass is 10.2. The Morgan fingerprint density at radius 2 is 1.95 bits per heavy atom. The Bertz CT molecular complexity index is 440. The maximum Gasteiger partial charge on any atom is 0.307 e. The maximum absolute atomic E-state index is 11.8. The summed E-state index contributed by atoms with van der Waals surface area (Å²) in [6.45, 7) is 2.48. The second-order valence-corrected chi connectivity index (χ2v) is 4.06. The average molecular weight is 261 g/mol. The molecule has 0 bridgehead atoms. The van der Waals surface area contributed by atoms with Crippen LogP contribution >= 0.6 is 0 Å². The number of carbonyl (C=O) groups excluding carboxylic acids is 2. The van der Waals surface area contributed by atoms with E-state index < -0.39 is 0 Å². The standard InChI is InChI=1S/C15H19NO3/c1-3-19-15(18)11-12-16(2)14(17)10-9-13-7-5-4-6-8-13/h4-10H,3,11-12H2,1-2H3. The van der Waals surface area contributed by atoms with Crippen molar-refractivity contribution >= 4 is 18.0 Å². The monoisotopic (exact) mass is 261 g/mol. The van der Waals surface area contributed by atoms with E-state index >= 15 is 0 Å². The number of likely N-dealkylation sites (N-methyl/N-ethyl adjacent to an activating group) is 1. The van der Waals surface area contributed by atoms with Gasteiger partial charge >= 0.3 is 5.97 Å². The largest absolute Gasteiger partial charge is 0.466 e. The molecule has 0 aliphatic carbocycles. The topological polar surface area (TPSA) is 46.6 Å². The summed E-state index contributed by atoms with van der Waals surface area (Å²) in [4.78, 5) is 24.4. The first-order valence-corrected chi connectivity index (χ1v) is 6.27. The van der Waals surface area contributed by atoms with Crippen LogP contribution in [0.3, 0.4) is 0 Å². The molecule has 1 amide bonds. The lowest BCUT2D eigenvalue weighted by Gasteiger charge is -2.14. The molecule has 0 N–H and O–H groups in total. The molecule has 1 rings (SSSR count). The number of hydrogen-bond donors (Lipinski definition) is 0. The van der Waals surface area contributed by atoms with Crippen molar-refractivity contribution in [3.63, 3.8) is 0 Å². The third kappa shape index (κ3) is 5.86. The van der Waals surface area contributed by atoms with Gasteiger partial charge in [-0.1, -0.05) is 30.3 Å². The lowest BCUT2D eigenvalue weighted by molar-refractivity contribution is -0.143. The van der Waals surface area contributed by atoms with Crippen molar-refractivity contribution < 1.29 is 14.3 Å². The molecular formula is C15H19NO3. The van der Waals surface area contributed by atoms with Gasteiger partial charge in [0, 0.05) is 19.7 Å². The molecule has 0 spiro atoms. The molecule has 0 fully saturated rings. The molecule has 102 valence electrons. The lowest BCUT2D eigenvalue weighted by Crippen LogP contribution is -2.27. The number of amides is 1. The molecule has 1 aromatic carbocycles. The van der Waals surface area contributed by atoms with Gasteiger partial charge in [-0.3, -0.25) is 9.59 Å². The van der Waals surface area contributed by atoms with Crippen LogP contribution < -0.4 is 0 Å². The van der Waals surface area contributed by atoms with Crippen LogP contribution in [0.5, 0.6) is 0 Å². The highest BCUT2D eigenvalue weighted by atomic mass is 16.5. The van der Waals surface area contributed by atoms with E-state index in [1.165, 1.54) is 11.0 Å². The first kappa shape index (κ1) is 15.0. The number of nitrogens with zero attached hydrogens (tertiary/aromatic N) is 1. The Balaban J connectivity index is 2.40. The molecule has 0 atom stereocenters. The van der Waals surface area contributed by atoms with Crippen LogP contribution in [-0.2, 0) is 14.3 Å². The maximum atomic E-state index is 11.8. The Morgan fingerprint density at radius 3 is 2.58 bits per heavy atom. The van der Waals surface area contributed by atoms with E-state index in [0.717, 1.165) is 5.56 Å². The minimum Gasteiger partial charge on any atom is -0.466 e. The molecule has 0 aromatic heterocycles. The highest BCUT2D eigenvalue weighted by molar-refractivity contribution is 5.91. The van der Waals surface area contributed by atoms with Crippen LogP contribution in [0.1, 0.15) is 18.9 Å². The van der Waals surface area contributed by atoms with Crippen LogP contribution in [0.15, 0.2) is 36.4 Å². The minimum absolute atomic E-state index is 0.131. The molecule has 19 heavy (non-hydrogen) atoms. The Hall–Kier alpha value is -2.10. The molecule has 0 saturated carbocycles. The van der Waals surface area contributed by atoms with Gasteiger partial charge in [0.1, 0.15) is 0 Å². The molecule has 1 aromatic rings. The summed E-state index contributed by atoms with van der Waals surface area (Å²) in [5.41, 5.74) is 0.967. The molecule has 4 nitrogen and oxygen atoms in total. The minimum atomic E-state index is -0.283. The number of ether oxygens (including phenoxy) is 1. The van der Waals surface area contributed by atoms with Gasteiger partial charge in [0.25, 0.3) is 0 Å². The summed E-state index contributed by atoms with van der Waals surface area (Å²) in [5.74, 6) is -0.414. The van der Waals surface area contributed by atoms with E-state index in [-0.39, 0.29) is 18.3 Å². The SMILES string of the molecule is CCOC(=O)CCN(C)C(=O)C=Cc1ccccc1. The van der Waals surface area contributed by atoms with Crippen LogP contribution in [0.25, 0.3) is 6.08 Å². The Kier molecular flexibility index (Phi) is 6.36. The first-order chi connectivity index (χ1) is 9.13. The third-order valence-electron chi connectivity index (χ3n) is 2.55. The summed E-state index contributed by atoms with van der Waals surface area (Å²) in [6, 6.07) is 9.58. The fraction of sp³-hybridized carbons (Fsp3) is 0.333. The van der Waals surface area contributed by atoms with Gasteiger partial charge in [-0.2, -0.15) is 0 Å². The van der Waals surface area contributed by atoms with Gasteiger partial charge < -0.3 is 9.64 Å². The zero-order valence-electron chi connectivity index (χ0n) is 11.3. The molecule has 0 radical (unpaired) electrons. The number of hydrogen-bond acceptors (Lipinski definition) is 3. The van der Waals surface area contributed by atoms with E-state index in [9.17, 15) is 9.59 Å². The average Bonchev–Trinajstić information content (AvgIpc) is 2.43. The number of carbonyl (C=O) groups is 2. The highest BCUT2D eigenvalue weighted by Gasteiger charge is 2.08. The smallest absolute Gasteiger partial charge is 0.307 e. The van der Waals surface area contributed by atoms with E-state index in [4.69, 9.17) is 4.74 Å². The third-order valence-corrected chi connectivity index (χ3v) is 2.55.